The number of aromatic nitrogens is 2. The molecular formula is C15H12FN3O. The lowest BCUT2D eigenvalue weighted by Crippen LogP contribution is -2.13. The van der Waals surface area contributed by atoms with Gasteiger partial charge >= 0.3 is 0 Å². The van der Waals surface area contributed by atoms with Gasteiger partial charge in [0.1, 0.15) is 11.2 Å². The lowest BCUT2D eigenvalue weighted by atomic mass is 10.1. The molecule has 0 bridgehead atoms. The van der Waals surface area contributed by atoms with Gasteiger partial charge in [-0.25, -0.2) is 4.39 Å². The normalized spacial score (nSPS) is 10.7. The van der Waals surface area contributed by atoms with Crippen LogP contribution in [0, 0.1) is 12.7 Å². The molecule has 0 unspecified atom stereocenters. The topological polar surface area (TPSA) is 57.8 Å². The summed E-state index contributed by atoms with van der Waals surface area (Å²) in [5.74, 6) is -0.791. The molecule has 0 spiro atoms. The summed E-state index contributed by atoms with van der Waals surface area (Å²) in [5, 5.41) is 9.69. The molecule has 3 rings (SSSR count). The summed E-state index contributed by atoms with van der Waals surface area (Å²) in [6, 6.07) is 12.0. The molecule has 0 saturated carbocycles. The number of hydrogen-bond acceptors (Lipinski definition) is 2. The zero-order valence-electron chi connectivity index (χ0n) is 10.8. The third kappa shape index (κ3) is 2.03. The Bertz CT molecular complexity index is 795. The predicted octanol–water partition coefficient (Wildman–Crippen LogP) is 3.26. The van der Waals surface area contributed by atoms with Crippen LogP contribution in [0.2, 0.25) is 0 Å². The number of rotatable bonds is 2. The molecule has 0 fully saturated rings. The summed E-state index contributed by atoms with van der Waals surface area (Å²) < 4.78 is 13.5. The zero-order chi connectivity index (χ0) is 14.1. The van der Waals surface area contributed by atoms with Crippen molar-refractivity contribution in [1.29, 1.82) is 0 Å². The van der Waals surface area contributed by atoms with E-state index in [2.05, 4.69) is 15.5 Å². The van der Waals surface area contributed by atoms with Crippen molar-refractivity contribution in [2.24, 2.45) is 0 Å². The Kier molecular flexibility index (Phi) is 2.95. The van der Waals surface area contributed by atoms with Crippen molar-refractivity contribution in [2.75, 3.05) is 5.32 Å². The Morgan fingerprint density at radius 1 is 1.20 bits per heavy atom. The Morgan fingerprint density at radius 2 is 2.00 bits per heavy atom. The van der Waals surface area contributed by atoms with Gasteiger partial charge in [0.2, 0.25) is 0 Å². The molecular weight excluding hydrogens is 257 g/mol. The quantitative estimate of drug-likeness (QED) is 0.750. The van der Waals surface area contributed by atoms with Gasteiger partial charge in [0.05, 0.1) is 0 Å². The number of nitrogens with zero attached hydrogens (tertiary/aromatic N) is 1. The third-order valence-corrected chi connectivity index (χ3v) is 3.16. The van der Waals surface area contributed by atoms with Crippen LogP contribution in [-0.2, 0) is 0 Å². The Morgan fingerprint density at radius 3 is 2.80 bits per heavy atom. The van der Waals surface area contributed by atoms with E-state index in [0.717, 1.165) is 11.3 Å². The minimum absolute atomic E-state index is 0.169. The molecule has 2 N–H and O–H groups in total. The van der Waals surface area contributed by atoms with E-state index in [9.17, 15) is 9.18 Å². The first kappa shape index (κ1) is 12.3. The molecule has 0 aliphatic rings. The number of aromatic amines is 1. The first-order valence-electron chi connectivity index (χ1n) is 6.16. The molecule has 4 nitrogen and oxygen atoms in total. The summed E-state index contributed by atoms with van der Waals surface area (Å²) >= 11 is 0. The molecule has 0 aliphatic carbocycles. The molecule has 20 heavy (non-hydrogen) atoms. The SMILES string of the molecule is Cc1ccccc1NC(=O)c1[nH]nc2c(F)cccc12. The predicted molar refractivity (Wildman–Crippen MR) is 75.2 cm³/mol. The lowest BCUT2D eigenvalue weighted by molar-refractivity contribution is 0.102. The number of nitrogens with one attached hydrogen (secondary N) is 2. The van der Waals surface area contributed by atoms with E-state index in [1.807, 2.05) is 31.2 Å². The Hall–Kier alpha value is -2.69. The van der Waals surface area contributed by atoms with Gasteiger partial charge in [-0.3, -0.25) is 9.89 Å². The summed E-state index contributed by atoms with van der Waals surface area (Å²) in [5.41, 5.74) is 2.10. The van der Waals surface area contributed by atoms with Crippen molar-refractivity contribution in [3.8, 4) is 0 Å². The largest absolute Gasteiger partial charge is 0.320 e. The first-order chi connectivity index (χ1) is 9.66. The van der Waals surface area contributed by atoms with E-state index >= 15 is 0 Å². The highest BCUT2D eigenvalue weighted by molar-refractivity contribution is 6.11. The fourth-order valence-corrected chi connectivity index (χ4v) is 2.07. The van der Waals surface area contributed by atoms with Crippen molar-refractivity contribution < 1.29 is 9.18 Å². The van der Waals surface area contributed by atoms with Gasteiger partial charge in [-0.1, -0.05) is 30.3 Å². The second-order valence-electron chi connectivity index (χ2n) is 4.50. The molecule has 100 valence electrons. The summed E-state index contributed by atoms with van der Waals surface area (Å²) in [4.78, 5) is 12.2. The van der Waals surface area contributed by atoms with E-state index in [0.29, 0.717) is 5.39 Å². The first-order valence-corrected chi connectivity index (χ1v) is 6.16. The number of anilines is 1. The monoisotopic (exact) mass is 269 g/mol. The fourth-order valence-electron chi connectivity index (χ4n) is 2.07. The molecule has 2 aromatic carbocycles. The molecule has 3 aromatic rings. The summed E-state index contributed by atoms with van der Waals surface area (Å²) in [6.07, 6.45) is 0. The highest BCUT2D eigenvalue weighted by Gasteiger charge is 2.16. The van der Waals surface area contributed by atoms with Crippen LogP contribution in [0.25, 0.3) is 10.9 Å². The van der Waals surface area contributed by atoms with Crippen molar-refractivity contribution in [3.05, 3.63) is 59.5 Å². The lowest BCUT2D eigenvalue weighted by Gasteiger charge is -2.06. The molecule has 1 heterocycles. The number of H-pyrrole nitrogens is 1. The van der Waals surface area contributed by atoms with Crippen molar-refractivity contribution >= 4 is 22.5 Å². The number of hydrogen-bond donors (Lipinski definition) is 2. The van der Waals surface area contributed by atoms with Gasteiger partial charge in [-0.05, 0) is 24.6 Å². The van der Waals surface area contributed by atoms with E-state index in [4.69, 9.17) is 0 Å². The van der Waals surface area contributed by atoms with Crippen LogP contribution >= 0.6 is 0 Å². The number of carbonyl (C=O) groups is 1. The third-order valence-electron chi connectivity index (χ3n) is 3.16. The van der Waals surface area contributed by atoms with Crippen LogP contribution < -0.4 is 5.32 Å². The smallest absolute Gasteiger partial charge is 0.274 e. The molecule has 0 atom stereocenters. The van der Waals surface area contributed by atoms with Gasteiger partial charge < -0.3 is 5.32 Å². The number of benzene rings is 2. The average Bonchev–Trinajstić information content (AvgIpc) is 2.87. The van der Waals surface area contributed by atoms with Gasteiger partial charge in [0, 0.05) is 11.1 Å². The van der Waals surface area contributed by atoms with Crippen LogP contribution in [0.15, 0.2) is 42.5 Å². The van der Waals surface area contributed by atoms with Crippen molar-refractivity contribution in [2.45, 2.75) is 6.92 Å². The molecule has 0 saturated heterocycles. The van der Waals surface area contributed by atoms with Crippen LogP contribution in [0.5, 0.6) is 0 Å². The maximum absolute atomic E-state index is 13.5. The van der Waals surface area contributed by atoms with Gasteiger partial charge in [-0.2, -0.15) is 5.10 Å². The fraction of sp³-hybridized carbons (Fsp3) is 0.0667. The van der Waals surface area contributed by atoms with Gasteiger partial charge in [0.25, 0.3) is 5.91 Å². The highest BCUT2D eigenvalue weighted by atomic mass is 19.1. The number of aryl methyl sites for hydroxylation is 1. The van der Waals surface area contributed by atoms with Crippen LogP contribution in [0.3, 0.4) is 0 Å². The van der Waals surface area contributed by atoms with E-state index < -0.39 is 5.82 Å². The molecule has 1 amide bonds. The standard InChI is InChI=1S/C15H12FN3O/c1-9-5-2-3-8-12(9)17-15(20)14-10-6-4-7-11(16)13(10)18-19-14/h2-8H,1H3,(H,17,20)(H,18,19). The van der Waals surface area contributed by atoms with Crippen molar-refractivity contribution in [3.63, 3.8) is 0 Å². The minimum atomic E-state index is -0.450. The van der Waals surface area contributed by atoms with E-state index in [-0.39, 0.29) is 17.1 Å². The van der Waals surface area contributed by atoms with Crippen LogP contribution in [0.1, 0.15) is 16.1 Å². The van der Waals surface area contributed by atoms with Gasteiger partial charge in [0.15, 0.2) is 5.82 Å². The molecule has 0 radical (unpaired) electrons. The summed E-state index contributed by atoms with van der Waals surface area (Å²) in [6.45, 7) is 1.90. The average molecular weight is 269 g/mol. The number of carbonyl (C=O) groups excluding carboxylic acids is 1. The summed E-state index contributed by atoms with van der Waals surface area (Å²) in [7, 11) is 0. The Labute approximate surface area is 114 Å². The van der Waals surface area contributed by atoms with E-state index in [1.165, 1.54) is 6.07 Å². The molecule has 1 aromatic heterocycles. The number of fused-ring (bicyclic) bond motifs is 1. The minimum Gasteiger partial charge on any atom is -0.320 e. The maximum atomic E-state index is 13.5. The molecule has 5 heteroatoms. The molecule has 0 aliphatic heterocycles. The second kappa shape index (κ2) is 4.77. The van der Waals surface area contributed by atoms with Crippen LogP contribution in [-0.4, -0.2) is 16.1 Å². The highest BCUT2D eigenvalue weighted by Crippen LogP contribution is 2.20. The van der Waals surface area contributed by atoms with Gasteiger partial charge in [-0.15, -0.1) is 0 Å². The maximum Gasteiger partial charge on any atom is 0.274 e. The second-order valence-corrected chi connectivity index (χ2v) is 4.50. The number of amides is 1. The Balaban J connectivity index is 1.98. The number of halogens is 1. The van der Waals surface area contributed by atoms with E-state index in [1.54, 1.807) is 12.1 Å². The van der Waals surface area contributed by atoms with Crippen LogP contribution in [0.4, 0.5) is 10.1 Å². The number of para-hydroxylation sites is 2. The van der Waals surface area contributed by atoms with Crippen molar-refractivity contribution in [1.82, 2.24) is 10.2 Å². The zero-order valence-corrected chi connectivity index (χ0v) is 10.8.